The summed E-state index contributed by atoms with van der Waals surface area (Å²) in [5.74, 6) is 0.190. The normalized spacial score (nSPS) is 10.8. The fourth-order valence-electron chi connectivity index (χ4n) is 2.78. The van der Waals surface area contributed by atoms with E-state index in [1.54, 1.807) is 13.8 Å². The number of oxime groups is 2. The van der Waals surface area contributed by atoms with Gasteiger partial charge in [0.1, 0.15) is 11.5 Å². The molecular weight excluding hydrogens is 460 g/mol. The zero-order valence-corrected chi connectivity index (χ0v) is 20.8. The molecule has 0 heterocycles. The Kier molecular flexibility index (Phi) is 12.2. The van der Waals surface area contributed by atoms with Crippen LogP contribution < -0.4 is 9.47 Å². The second-order valence-electron chi connectivity index (χ2n) is 7.97. The van der Waals surface area contributed by atoms with E-state index in [-0.39, 0.29) is 11.1 Å². The van der Waals surface area contributed by atoms with Crippen LogP contribution in [0.2, 0.25) is 0 Å². The van der Waals surface area contributed by atoms with E-state index < -0.39 is 11.9 Å². The lowest BCUT2D eigenvalue weighted by Gasteiger charge is -2.10. The first-order valence-corrected chi connectivity index (χ1v) is 11.6. The minimum Gasteiger partial charge on any atom is -0.493 e. The second-order valence-corrected chi connectivity index (χ2v) is 7.97. The van der Waals surface area contributed by atoms with Gasteiger partial charge in [0, 0.05) is 22.3 Å². The third-order valence-corrected chi connectivity index (χ3v) is 4.74. The maximum absolute atomic E-state index is 11.4. The molecule has 0 amide bonds. The fraction of sp³-hybridized carbons (Fsp3) is 0.286. The van der Waals surface area contributed by atoms with E-state index in [1.165, 1.54) is 12.4 Å². The number of para-hydroxylation sites is 2. The average Bonchev–Trinajstić information content (AvgIpc) is 2.86. The SMILES string of the molecule is C=C(C)C(=O)ON=Cc1ccccc1OCCCCCCOc1ccccc1C=NOC(=O)C(=C)C. The summed E-state index contributed by atoms with van der Waals surface area (Å²) in [6.07, 6.45) is 6.62. The zero-order valence-electron chi connectivity index (χ0n) is 20.8. The van der Waals surface area contributed by atoms with Gasteiger partial charge in [-0.25, -0.2) is 9.59 Å². The van der Waals surface area contributed by atoms with Gasteiger partial charge in [-0.05, 0) is 63.8 Å². The van der Waals surface area contributed by atoms with Crippen molar-refractivity contribution in [3.63, 3.8) is 0 Å². The Labute approximate surface area is 211 Å². The molecule has 0 saturated heterocycles. The van der Waals surface area contributed by atoms with Crippen LogP contribution in [0.15, 0.2) is 83.1 Å². The maximum Gasteiger partial charge on any atom is 0.360 e. The van der Waals surface area contributed by atoms with E-state index in [9.17, 15) is 9.59 Å². The van der Waals surface area contributed by atoms with Gasteiger partial charge < -0.3 is 19.1 Å². The van der Waals surface area contributed by atoms with Gasteiger partial charge in [-0.1, -0.05) is 47.7 Å². The summed E-state index contributed by atoms with van der Waals surface area (Å²) < 4.78 is 11.7. The summed E-state index contributed by atoms with van der Waals surface area (Å²) in [7, 11) is 0. The Morgan fingerprint density at radius 1 is 0.694 bits per heavy atom. The van der Waals surface area contributed by atoms with Crippen molar-refractivity contribution < 1.29 is 28.7 Å². The summed E-state index contributed by atoms with van der Waals surface area (Å²) in [6, 6.07) is 14.8. The number of hydrogen-bond acceptors (Lipinski definition) is 8. The number of nitrogens with zero attached hydrogens (tertiary/aromatic N) is 2. The number of hydrogen-bond donors (Lipinski definition) is 0. The molecule has 0 saturated carbocycles. The van der Waals surface area contributed by atoms with E-state index >= 15 is 0 Å². The molecule has 8 heteroatoms. The van der Waals surface area contributed by atoms with E-state index in [0.717, 1.165) is 36.8 Å². The highest BCUT2D eigenvalue weighted by Crippen LogP contribution is 2.18. The van der Waals surface area contributed by atoms with Gasteiger partial charge in [-0.3, -0.25) is 0 Å². The van der Waals surface area contributed by atoms with Crippen molar-refractivity contribution in [1.82, 2.24) is 0 Å². The highest BCUT2D eigenvalue weighted by molar-refractivity contribution is 5.89. The Morgan fingerprint density at radius 2 is 1.08 bits per heavy atom. The van der Waals surface area contributed by atoms with Crippen molar-refractivity contribution in [1.29, 1.82) is 0 Å². The van der Waals surface area contributed by atoms with Crippen molar-refractivity contribution in [2.24, 2.45) is 10.3 Å². The quantitative estimate of drug-likeness (QED) is 0.105. The molecule has 0 atom stereocenters. The number of benzene rings is 2. The number of carbonyl (C=O) groups is 2. The van der Waals surface area contributed by atoms with Gasteiger partial charge in [0.15, 0.2) is 0 Å². The monoisotopic (exact) mass is 492 g/mol. The minimum atomic E-state index is -0.575. The van der Waals surface area contributed by atoms with Gasteiger partial charge in [-0.15, -0.1) is 0 Å². The van der Waals surface area contributed by atoms with Crippen LogP contribution in [0.5, 0.6) is 11.5 Å². The number of unbranched alkanes of at least 4 members (excludes halogenated alkanes) is 3. The van der Waals surface area contributed by atoms with E-state index in [4.69, 9.17) is 19.1 Å². The predicted octanol–water partition coefficient (Wildman–Crippen LogP) is 5.61. The van der Waals surface area contributed by atoms with Crippen LogP contribution in [0, 0.1) is 0 Å². The van der Waals surface area contributed by atoms with E-state index in [0.29, 0.717) is 24.7 Å². The third-order valence-electron chi connectivity index (χ3n) is 4.74. The van der Waals surface area contributed by atoms with Crippen LogP contribution in [0.25, 0.3) is 0 Å². The van der Waals surface area contributed by atoms with Gasteiger partial charge in [-0.2, -0.15) is 0 Å². The molecule has 0 aliphatic carbocycles. The van der Waals surface area contributed by atoms with Crippen molar-refractivity contribution in [3.8, 4) is 11.5 Å². The fourth-order valence-corrected chi connectivity index (χ4v) is 2.78. The van der Waals surface area contributed by atoms with Gasteiger partial charge in [0.05, 0.1) is 25.6 Å². The van der Waals surface area contributed by atoms with Crippen LogP contribution in [0.3, 0.4) is 0 Å². The lowest BCUT2D eigenvalue weighted by atomic mass is 10.2. The number of rotatable bonds is 15. The predicted molar refractivity (Wildman–Crippen MR) is 139 cm³/mol. The summed E-state index contributed by atoms with van der Waals surface area (Å²) >= 11 is 0. The Hall–Kier alpha value is -4.20. The van der Waals surface area contributed by atoms with Gasteiger partial charge >= 0.3 is 11.9 Å². The number of carbonyl (C=O) groups excluding carboxylic acids is 2. The Balaban J connectivity index is 1.68. The largest absolute Gasteiger partial charge is 0.493 e. The van der Waals surface area contributed by atoms with Crippen LogP contribution >= 0.6 is 0 Å². The topological polar surface area (TPSA) is 95.8 Å². The smallest absolute Gasteiger partial charge is 0.360 e. The molecule has 0 N–H and O–H groups in total. The van der Waals surface area contributed by atoms with Crippen molar-refractivity contribution in [3.05, 3.63) is 84.0 Å². The molecule has 0 spiro atoms. The molecule has 2 rings (SSSR count). The van der Waals surface area contributed by atoms with Gasteiger partial charge in [0.2, 0.25) is 0 Å². The van der Waals surface area contributed by atoms with E-state index in [1.807, 2.05) is 48.5 Å². The van der Waals surface area contributed by atoms with Crippen molar-refractivity contribution in [2.75, 3.05) is 13.2 Å². The lowest BCUT2D eigenvalue weighted by molar-refractivity contribution is -0.139. The van der Waals surface area contributed by atoms with Crippen LogP contribution in [0.4, 0.5) is 0 Å². The summed E-state index contributed by atoms with van der Waals surface area (Å²) in [6.45, 7) is 11.2. The Bertz CT molecular complexity index is 1020. The molecule has 8 nitrogen and oxygen atoms in total. The first kappa shape index (κ1) is 28.0. The lowest BCUT2D eigenvalue weighted by Crippen LogP contribution is -2.03. The first-order chi connectivity index (χ1) is 17.4. The molecule has 0 unspecified atom stereocenters. The molecule has 190 valence electrons. The molecule has 0 fully saturated rings. The molecule has 0 aromatic heterocycles. The molecule has 2 aromatic carbocycles. The zero-order chi connectivity index (χ0) is 26.2. The van der Waals surface area contributed by atoms with E-state index in [2.05, 4.69) is 23.5 Å². The van der Waals surface area contributed by atoms with Crippen molar-refractivity contribution >= 4 is 24.4 Å². The molecule has 0 aliphatic rings. The third kappa shape index (κ3) is 10.4. The highest BCUT2D eigenvalue weighted by Gasteiger charge is 2.05. The van der Waals surface area contributed by atoms with Crippen LogP contribution in [-0.2, 0) is 19.3 Å². The van der Waals surface area contributed by atoms with Crippen LogP contribution in [-0.4, -0.2) is 37.6 Å². The van der Waals surface area contributed by atoms with Crippen molar-refractivity contribution in [2.45, 2.75) is 39.5 Å². The second kappa shape index (κ2) is 15.7. The molecule has 0 radical (unpaired) electrons. The van der Waals surface area contributed by atoms with Crippen LogP contribution in [0.1, 0.15) is 50.7 Å². The maximum atomic E-state index is 11.4. The first-order valence-electron chi connectivity index (χ1n) is 11.6. The summed E-state index contributed by atoms with van der Waals surface area (Å²) in [5.41, 5.74) is 2.00. The molecular formula is C28H32N2O6. The Morgan fingerprint density at radius 3 is 1.47 bits per heavy atom. The molecule has 0 aliphatic heterocycles. The standard InChI is InChI=1S/C28H32N2O6/c1-21(2)27(31)35-29-19-23-13-7-9-15-25(23)33-17-11-5-6-12-18-34-26-16-10-8-14-24(26)20-30-36-28(32)22(3)4/h7-10,13-16,19-20H,1,3,5-6,11-12,17-18H2,2,4H3. The molecule has 0 bridgehead atoms. The number of ether oxygens (including phenoxy) is 2. The highest BCUT2D eigenvalue weighted by atomic mass is 16.7. The summed E-state index contributed by atoms with van der Waals surface area (Å²) in [4.78, 5) is 32.3. The minimum absolute atomic E-state index is 0.279. The molecule has 36 heavy (non-hydrogen) atoms. The molecule has 2 aromatic rings. The average molecular weight is 493 g/mol. The van der Waals surface area contributed by atoms with Gasteiger partial charge in [0.25, 0.3) is 0 Å². The summed E-state index contributed by atoms with van der Waals surface area (Å²) in [5, 5.41) is 7.40.